The molecule has 4 N–H and O–H groups in total. The van der Waals surface area contributed by atoms with Crippen molar-refractivity contribution in [2.45, 2.75) is 20.3 Å². The van der Waals surface area contributed by atoms with Crippen LogP contribution in [0.15, 0.2) is 60.7 Å². The van der Waals surface area contributed by atoms with Gasteiger partial charge in [0.05, 0.1) is 0 Å². The summed E-state index contributed by atoms with van der Waals surface area (Å²) in [6.45, 7) is 4.32. The second-order valence-corrected chi connectivity index (χ2v) is 6.90. The SMILES string of the molecule is CC(C)Cc1ccccc1NC(=O)c1ccc2ccc(C(=N)N)cc2c1. The predicted molar refractivity (Wildman–Crippen MR) is 108 cm³/mol. The Morgan fingerprint density at radius 1 is 1.00 bits per heavy atom. The van der Waals surface area contributed by atoms with Crippen molar-refractivity contribution in [3.05, 3.63) is 77.4 Å². The van der Waals surface area contributed by atoms with Crippen LogP contribution in [0.1, 0.15) is 35.3 Å². The van der Waals surface area contributed by atoms with Gasteiger partial charge in [-0.15, -0.1) is 0 Å². The number of carbonyl (C=O) groups excluding carboxylic acids is 1. The van der Waals surface area contributed by atoms with Crippen molar-refractivity contribution < 1.29 is 4.79 Å². The summed E-state index contributed by atoms with van der Waals surface area (Å²) in [5.41, 5.74) is 8.78. The Bertz CT molecular complexity index is 976. The lowest BCUT2D eigenvalue weighted by atomic mass is 10.0. The highest BCUT2D eigenvalue weighted by atomic mass is 16.1. The summed E-state index contributed by atoms with van der Waals surface area (Å²) in [6.07, 6.45) is 0.913. The van der Waals surface area contributed by atoms with E-state index in [9.17, 15) is 4.79 Å². The van der Waals surface area contributed by atoms with Crippen LogP contribution in [0.4, 0.5) is 5.69 Å². The molecule has 4 nitrogen and oxygen atoms in total. The third-order valence-electron chi connectivity index (χ3n) is 4.31. The third-order valence-corrected chi connectivity index (χ3v) is 4.31. The van der Waals surface area contributed by atoms with Crippen LogP contribution in [-0.4, -0.2) is 11.7 Å². The van der Waals surface area contributed by atoms with Crippen molar-refractivity contribution in [2.75, 3.05) is 5.32 Å². The first kappa shape index (κ1) is 17.7. The average Bonchev–Trinajstić information content (AvgIpc) is 2.61. The largest absolute Gasteiger partial charge is 0.384 e. The van der Waals surface area contributed by atoms with Crippen LogP contribution < -0.4 is 11.1 Å². The molecule has 1 amide bonds. The van der Waals surface area contributed by atoms with Gasteiger partial charge in [0, 0.05) is 16.8 Å². The van der Waals surface area contributed by atoms with Gasteiger partial charge < -0.3 is 11.1 Å². The van der Waals surface area contributed by atoms with E-state index in [4.69, 9.17) is 11.1 Å². The Morgan fingerprint density at radius 3 is 2.35 bits per heavy atom. The van der Waals surface area contributed by atoms with Gasteiger partial charge in [-0.2, -0.15) is 0 Å². The van der Waals surface area contributed by atoms with E-state index < -0.39 is 0 Å². The maximum atomic E-state index is 12.7. The van der Waals surface area contributed by atoms with Crippen molar-refractivity contribution in [3.63, 3.8) is 0 Å². The molecule has 3 rings (SSSR count). The molecule has 3 aromatic rings. The normalized spacial score (nSPS) is 10.9. The number of rotatable bonds is 5. The monoisotopic (exact) mass is 345 g/mol. The number of carbonyl (C=O) groups is 1. The first-order valence-corrected chi connectivity index (χ1v) is 8.71. The molecule has 0 radical (unpaired) electrons. The van der Waals surface area contributed by atoms with E-state index in [2.05, 4.69) is 25.2 Å². The molecular formula is C22H23N3O. The van der Waals surface area contributed by atoms with E-state index in [1.54, 1.807) is 0 Å². The summed E-state index contributed by atoms with van der Waals surface area (Å²) in [6, 6.07) is 19.0. The van der Waals surface area contributed by atoms with Crippen molar-refractivity contribution in [1.29, 1.82) is 5.41 Å². The molecular weight excluding hydrogens is 322 g/mol. The Kier molecular flexibility index (Phi) is 5.03. The van der Waals surface area contributed by atoms with E-state index in [0.29, 0.717) is 17.0 Å². The molecule has 0 heterocycles. The Balaban J connectivity index is 1.89. The van der Waals surface area contributed by atoms with Crippen LogP contribution in [0.25, 0.3) is 10.8 Å². The number of nitrogens with two attached hydrogens (primary N) is 1. The quantitative estimate of drug-likeness (QED) is 0.467. The molecule has 0 aliphatic heterocycles. The van der Waals surface area contributed by atoms with Crippen molar-refractivity contribution in [1.82, 2.24) is 0 Å². The third kappa shape index (κ3) is 3.91. The number of fused-ring (bicyclic) bond motifs is 1. The standard InChI is InChI=1S/C22H23N3O/c1-14(2)11-16-5-3-4-6-20(16)25-22(26)18-10-8-15-7-9-17(21(23)24)12-19(15)13-18/h3-10,12-14H,11H2,1-2H3,(H3,23,24)(H,25,26). The van der Waals surface area contributed by atoms with E-state index in [1.807, 2.05) is 54.6 Å². The molecule has 0 aromatic heterocycles. The molecule has 4 heteroatoms. The lowest BCUT2D eigenvalue weighted by molar-refractivity contribution is 0.102. The number of nitrogens with one attached hydrogen (secondary N) is 2. The maximum Gasteiger partial charge on any atom is 0.255 e. The molecule has 3 aromatic carbocycles. The molecule has 26 heavy (non-hydrogen) atoms. The van der Waals surface area contributed by atoms with E-state index >= 15 is 0 Å². The number of nitrogen functional groups attached to an aromatic ring is 1. The molecule has 0 aliphatic rings. The smallest absolute Gasteiger partial charge is 0.255 e. The van der Waals surface area contributed by atoms with E-state index in [1.165, 1.54) is 0 Å². The van der Waals surface area contributed by atoms with Crippen LogP contribution in [0.3, 0.4) is 0 Å². The van der Waals surface area contributed by atoms with Gasteiger partial charge in [0.1, 0.15) is 5.84 Å². The molecule has 0 atom stereocenters. The zero-order valence-corrected chi connectivity index (χ0v) is 15.0. The summed E-state index contributed by atoms with van der Waals surface area (Å²) in [7, 11) is 0. The van der Waals surface area contributed by atoms with Gasteiger partial charge >= 0.3 is 0 Å². The van der Waals surface area contributed by atoms with Crippen LogP contribution in [0.2, 0.25) is 0 Å². The van der Waals surface area contributed by atoms with Crippen LogP contribution in [0, 0.1) is 11.3 Å². The lowest BCUT2D eigenvalue weighted by Gasteiger charge is -2.13. The molecule has 0 fully saturated rings. The van der Waals surface area contributed by atoms with Gasteiger partial charge in [-0.25, -0.2) is 0 Å². The van der Waals surface area contributed by atoms with Crippen molar-refractivity contribution in [3.8, 4) is 0 Å². The molecule has 0 spiro atoms. The fourth-order valence-electron chi connectivity index (χ4n) is 3.01. The van der Waals surface area contributed by atoms with E-state index in [-0.39, 0.29) is 11.7 Å². The zero-order valence-electron chi connectivity index (χ0n) is 15.0. The topological polar surface area (TPSA) is 79.0 Å². The van der Waals surface area contributed by atoms with Gasteiger partial charge in [-0.3, -0.25) is 10.2 Å². The highest BCUT2D eigenvalue weighted by Gasteiger charge is 2.11. The van der Waals surface area contributed by atoms with Crippen molar-refractivity contribution in [2.24, 2.45) is 11.7 Å². The molecule has 132 valence electrons. The molecule has 0 aliphatic carbocycles. The summed E-state index contributed by atoms with van der Waals surface area (Å²) in [5.74, 6) is 0.388. The number of anilines is 1. The van der Waals surface area contributed by atoms with Crippen LogP contribution in [0.5, 0.6) is 0 Å². The minimum Gasteiger partial charge on any atom is -0.384 e. The number of benzene rings is 3. The molecule has 0 unspecified atom stereocenters. The zero-order chi connectivity index (χ0) is 18.7. The summed E-state index contributed by atoms with van der Waals surface area (Å²) >= 11 is 0. The van der Waals surface area contributed by atoms with Gasteiger partial charge in [-0.05, 0) is 52.9 Å². The maximum absolute atomic E-state index is 12.7. The number of hydrogen-bond donors (Lipinski definition) is 3. The van der Waals surface area contributed by atoms with Gasteiger partial charge in [0.2, 0.25) is 0 Å². The Morgan fingerprint density at radius 2 is 1.65 bits per heavy atom. The summed E-state index contributed by atoms with van der Waals surface area (Å²) in [4.78, 5) is 12.7. The van der Waals surface area contributed by atoms with Crippen LogP contribution >= 0.6 is 0 Å². The second-order valence-electron chi connectivity index (χ2n) is 6.90. The molecule has 0 saturated heterocycles. The number of amidine groups is 1. The second kappa shape index (κ2) is 7.40. The minimum atomic E-state index is -0.142. The van der Waals surface area contributed by atoms with Gasteiger partial charge in [0.15, 0.2) is 0 Å². The molecule has 0 bridgehead atoms. The predicted octanol–water partition coefficient (Wildman–Crippen LogP) is 4.57. The number of para-hydroxylation sites is 1. The van der Waals surface area contributed by atoms with Gasteiger partial charge in [0.25, 0.3) is 5.91 Å². The first-order chi connectivity index (χ1) is 12.4. The van der Waals surface area contributed by atoms with Crippen LogP contribution in [-0.2, 0) is 6.42 Å². The lowest BCUT2D eigenvalue weighted by Crippen LogP contribution is -2.14. The van der Waals surface area contributed by atoms with Crippen molar-refractivity contribution >= 4 is 28.2 Å². The Labute approximate surface area is 153 Å². The fraction of sp³-hybridized carbons (Fsp3) is 0.182. The summed E-state index contributed by atoms with van der Waals surface area (Å²) in [5, 5.41) is 12.5. The fourth-order valence-corrected chi connectivity index (χ4v) is 3.01. The number of amides is 1. The molecule has 0 saturated carbocycles. The number of hydrogen-bond acceptors (Lipinski definition) is 2. The Hall–Kier alpha value is -3.14. The van der Waals surface area contributed by atoms with E-state index in [0.717, 1.165) is 28.4 Å². The highest BCUT2D eigenvalue weighted by molar-refractivity contribution is 6.07. The average molecular weight is 345 g/mol. The highest BCUT2D eigenvalue weighted by Crippen LogP contribution is 2.22. The summed E-state index contributed by atoms with van der Waals surface area (Å²) < 4.78 is 0. The minimum absolute atomic E-state index is 0.0179. The first-order valence-electron chi connectivity index (χ1n) is 8.71. The van der Waals surface area contributed by atoms with Gasteiger partial charge in [-0.1, -0.05) is 50.2 Å².